The second kappa shape index (κ2) is 13.5. The van der Waals surface area contributed by atoms with E-state index in [9.17, 15) is 14.4 Å². The van der Waals surface area contributed by atoms with Crippen LogP contribution in [-0.4, -0.2) is 75.4 Å². The molecule has 0 radical (unpaired) electrons. The molecule has 0 spiro atoms. The van der Waals surface area contributed by atoms with Gasteiger partial charge in [0.15, 0.2) is 0 Å². The van der Waals surface area contributed by atoms with Crippen LogP contribution in [-0.2, 0) is 28.6 Å². The van der Waals surface area contributed by atoms with Gasteiger partial charge in [-0.25, -0.2) is 0 Å². The molecular weight excluding hydrogens is 328 g/mol. The molecule has 0 saturated carbocycles. The Morgan fingerprint density at radius 1 is 0.960 bits per heavy atom. The standard InChI is InChI=1S/C17H28N2O6/c1-2-23-11-12-25-14-13-24-10-4-8-18-15(20)5-3-9-19-16(21)6-7-17(19)22/h6-7H,2-5,8-14H2,1H3,(H,18,20). The van der Waals surface area contributed by atoms with Crippen LogP contribution in [0.4, 0.5) is 0 Å². The highest BCUT2D eigenvalue weighted by atomic mass is 16.5. The zero-order valence-electron chi connectivity index (χ0n) is 14.8. The summed E-state index contributed by atoms with van der Waals surface area (Å²) in [6.45, 7) is 6.20. The number of nitrogens with one attached hydrogen (secondary N) is 1. The van der Waals surface area contributed by atoms with Crippen LogP contribution in [0.3, 0.4) is 0 Å². The summed E-state index contributed by atoms with van der Waals surface area (Å²) >= 11 is 0. The lowest BCUT2D eigenvalue weighted by atomic mass is 10.2. The number of rotatable bonds is 15. The van der Waals surface area contributed by atoms with Gasteiger partial charge in [-0.05, 0) is 19.8 Å². The SMILES string of the molecule is CCOCCOCCOCCCNC(=O)CCCN1C(=O)C=CC1=O. The summed E-state index contributed by atoms with van der Waals surface area (Å²) in [6.07, 6.45) is 3.95. The Bertz CT molecular complexity index is 434. The molecule has 0 atom stereocenters. The fourth-order valence-electron chi connectivity index (χ4n) is 2.12. The molecule has 0 aromatic heterocycles. The van der Waals surface area contributed by atoms with E-state index in [0.29, 0.717) is 52.6 Å². The molecule has 1 N–H and O–H groups in total. The molecule has 3 amide bonds. The molecule has 25 heavy (non-hydrogen) atoms. The zero-order chi connectivity index (χ0) is 18.3. The minimum absolute atomic E-state index is 0.0914. The van der Waals surface area contributed by atoms with Gasteiger partial charge < -0.3 is 19.5 Å². The van der Waals surface area contributed by atoms with Crippen molar-refractivity contribution >= 4 is 17.7 Å². The van der Waals surface area contributed by atoms with Crippen molar-refractivity contribution < 1.29 is 28.6 Å². The lowest BCUT2D eigenvalue weighted by molar-refractivity contribution is -0.137. The molecule has 1 aliphatic rings. The van der Waals surface area contributed by atoms with Gasteiger partial charge in [0.25, 0.3) is 11.8 Å². The molecule has 1 heterocycles. The lowest BCUT2D eigenvalue weighted by Crippen LogP contribution is -2.32. The molecule has 0 aliphatic carbocycles. The maximum atomic E-state index is 11.7. The number of ether oxygens (including phenoxy) is 3. The molecule has 0 bridgehead atoms. The maximum absolute atomic E-state index is 11.7. The van der Waals surface area contributed by atoms with E-state index >= 15 is 0 Å². The minimum atomic E-state index is -0.315. The second-order valence-corrected chi connectivity index (χ2v) is 5.39. The predicted octanol–water partition coefficient (Wildman–Crippen LogP) is 0.268. The topological polar surface area (TPSA) is 94.2 Å². The molecule has 1 rings (SSSR count). The highest BCUT2D eigenvalue weighted by Crippen LogP contribution is 2.05. The number of nitrogens with zero attached hydrogens (tertiary/aromatic N) is 1. The molecule has 0 aromatic rings. The van der Waals surface area contributed by atoms with Gasteiger partial charge >= 0.3 is 0 Å². The quantitative estimate of drug-likeness (QED) is 0.334. The van der Waals surface area contributed by atoms with E-state index in [-0.39, 0.29) is 30.7 Å². The predicted molar refractivity (Wildman–Crippen MR) is 90.9 cm³/mol. The normalized spacial score (nSPS) is 13.7. The third kappa shape index (κ3) is 9.96. The molecule has 1 aliphatic heterocycles. The van der Waals surface area contributed by atoms with Crippen molar-refractivity contribution in [2.45, 2.75) is 26.2 Å². The van der Waals surface area contributed by atoms with Gasteiger partial charge in [0.05, 0.1) is 26.4 Å². The van der Waals surface area contributed by atoms with E-state index in [1.165, 1.54) is 12.2 Å². The summed E-state index contributed by atoms with van der Waals surface area (Å²) in [5, 5.41) is 2.79. The van der Waals surface area contributed by atoms with Crippen LogP contribution < -0.4 is 5.32 Å². The first-order valence-corrected chi connectivity index (χ1v) is 8.68. The van der Waals surface area contributed by atoms with E-state index in [0.717, 1.165) is 11.3 Å². The van der Waals surface area contributed by atoms with E-state index in [2.05, 4.69) is 5.32 Å². The number of carbonyl (C=O) groups is 3. The monoisotopic (exact) mass is 356 g/mol. The Balaban J connectivity index is 1.86. The number of carbonyl (C=O) groups excluding carboxylic acids is 3. The highest BCUT2D eigenvalue weighted by Gasteiger charge is 2.22. The van der Waals surface area contributed by atoms with E-state index in [4.69, 9.17) is 14.2 Å². The van der Waals surface area contributed by atoms with E-state index in [1.807, 2.05) is 6.92 Å². The summed E-state index contributed by atoms with van der Waals surface area (Å²) in [7, 11) is 0. The molecule has 142 valence electrons. The molecule has 8 heteroatoms. The fourth-order valence-corrected chi connectivity index (χ4v) is 2.12. The average Bonchev–Trinajstić information content (AvgIpc) is 2.91. The molecule has 8 nitrogen and oxygen atoms in total. The third-order valence-corrected chi connectivity index (χ3v) is 3.42. The van der Waals surface area contributed by atoms with Crippen molar-refractivity contribution in [1.82, 2.24) is 10.2 Å². The van der Waals surface area contributed by atoms with Crippen LogP contribution in [0.2, 0.25) is 0 Å². The van der Waals surface area contributed by atoms with E-state index in [1.54, 1.807) is 0 Å². The number of imide groups is 1. The van der Waals surface area contributed by atoms with Crippen LogP contribution in [0.15, 0.2) is 12.2 Å². The van der Waals surface area contributed by atoms with Crippen molar-refractivity contribution in [1.29, 1.82) is 0 Å². The van der Waals surface area contributed by atoms with Gasteiger partial charge in [0, 0.05) is 44.9 Å². The molecule has 0 aromatic carbocycles. The largest absolute Gasteiger partial charge is 0.379 e. The summed E-state index contributed by atoms with van der Waals surface area (Å²) in [5.74, 6) is -0.722. The zero-order valence-corrected chi connectivity index (χ0v) is 14.8. The minimum Gasteiger partial charge on any atom is -0.379 e. The van der Waals surface area contributed by atoms with Gasteiger partial charge in [0.2, 0.25) is 5.91 Å². The van der Waals surface area contributed by atoms with Crippen LogP contribution >= 0.6 is 0 Å². The Morgan fingerprint density at radius 3 is 2.20 bits per heavy atom. The van der Waals surface area contributed by atoms with Crippen molar-refractivity contribution in [3.05, 3.63) is 12.2 Å². The van der Waals surface area contributed by atoms with E-state index < -0.39 is 0 Å². The van der Waals surface area contributed by atoms with Crippen molar-refractivity contribution in [2.24, 2.45) is 0 Å². The molecule has 0 saturated heterocycles. The lowest BCUT2D eigenvalue weighted by Gasteiger charge is -2.13. The average molecular weight is 356 g/mol. The van der Waals surface area contributed by atoms with Crippen LogP contribution in [0, 0.1) is 0 Å². The molecule has 0 unspecified atom stereocenters. The Kier molecular flexibility index (Phi) is 11.5. The summed E-state index contributed by atoms with van der Waals surface area (Å²) < 4.78 is 15.8. The number of amides is 3. The van der Waals surface area contributed by atoms with Gasteiger partial charge in [-0.1, -0.05) is 0 Å². The van der Waals surface area contributed by atoms with Crippen LogP contribution in [0.25, 0.3) is 0 Å². The smallest absolute Gasteiger partial charge is 0.253 e. The highest BCUT2D eigenvalue weighted by molar-refractivity contribution is 6.12. The van der Waals surface area contributed by atoms with Gasteiger partial charge in [-0.15, -0.1) is 0 Å². The Labute approximate surface area is 148 Å². The Morgan fingerprint density at radius 2 is 1.56 bits per heavy atom. The number of hydrogen-bond acceptors (Lipinski definition) is 6. The van der Waals surface area contributed by atoms with Gasteiger partial charge in [-0.3, -0.25) is 19.3 Å². The first-order chi connectivity index (χ1) is 12.1. The van der Waals surface area contributed by atoms with Crippen molar-refractivity contribution in [3.8, 4) is 0 Å². The van der Waals surface area contributed by atoms with Gasteiger partial charge in [0.1, 0.15) is 0 Å². The summed E-state index contributed by atoms with van der Waals surface area (Å²) in [5.41, 5.74) is 0. The van der Waals surface area contributed by atoms with Crippen LogP contribution in [0.5, 0.6) is 0 Å². The van der Waals surface area contributed by atoms with Crippen molar-refractivity contribution in [3.63, 3.8) is 0 Å². The van der Waals surface area contributed by atoms with Crippen molar-refractivity contribution in [2.75, 3.05) is 52.7 Å². The number of hydrogen-bond donors (Lipinski definition) is 1. The third-order valence-electron chi connectivity index (χ3n) is 3.42. The summed E-state index contributed by atoms with van der Waals surface area (Å²) in [6, 6.07) is 0. The summed E-state index contributed by atoms with van der Waals surface area (Å²) in [4.78, 5) is 35.5. The first kappa shape index (κ1) is 21.3. The van der Waals surface area contributed by atoms with Gasteiger partial charge in [-0.2, -0.15) is 0 Å². The van der Waals surface area contributed by atoms with Crippen LogP contribution in [0.1, 0.15) is 26.2 Å². The molecule has 0 fully saturated rings. The maximum Gasteiger partial charge on any atom is 0.253 e. The molecular formula is C17H28N2O6. The first-order valence-electron chi connectivity index (χ1n) is 8.68. The Hall–Kier alpha value is -1.77. The fraction of sp³-hybridized carbons (Fsp3) is 0.706. The second-order valence-electron chi connectivity index (χ2n) is 5.39.